The largest absolute Gasteiger partial charge is 0.442 e. The van der Waals surface area contributed by atoms with Crippen LogP contribution in [0.5, 0.6) is 0 Å². The van der Waals surface area contributed by atoms with Crippen LogP contribution >= 0.6 is 0 Å². The Morgan fingerprint density at radius 2 is 1.00 bits per heavy atom. The summed E-state index contributed by atoms with van der Waals surface area (Å²) < 4.78 is 20.0. The molecular formula is C8H12O4. The van der Waals surface area contributed by atoms with Crippen LogP contribution in [0.15, 0.2) is 0 Å². The van der Waals surface area contributed by atoms with Gasteiger partial charge in [0.1, 0.15) is 13.2 Å². The van der Waals surface area contributed by atoms with Gasteiger partial charge in [0.25, 0.3) is 0 Å². The Kier molecular flexibility index (Phi) is 5.17. The van der Waals surface area contributed by atoms with Gasteiger partial charge in [0.15, 0.2) is 12.2 Å². The van der Waals surface area contributed by atoms with Gasteiger partial charge in [-0.1, -0.05) is 0 Å². The lowest BCUT2D eigenvalue weighted by Gasteiger charge is -2.05. The normalized spacial score (nSPS) is 20.0. The minimum atomic E-state index is 0.469. The molecule has 0 spiro atoms. The van der Waals surface area contributed by atoms with Gasteiger partial charge in [-0.2, -0.15) is 0 Å². The Labute approximate surface area is 71.7 Å². The summed E-state index contributed by atoms with van der Waals surface area (Å²) in [5.41, 5.74) is 0. The Bertz CT molecular complexity index is 142. The first-order valence-electron chi connectivity index (χ1n) is 3.89. The van der Waals surface area contributed by atoms with E-state index in [1.165, 1.54) is 0 Å². The molecule has 68 valence electrons. The van der Waals surface area contributed by atoms with E-state index in [1.807, 2.05) is 0 Å². The molecule has 1 aliphatic heterocycles. The van der Waals surface area contributed by atoms with Crippen molar-refractivity contribution in [3.05, 3.63) is 0 Å². The summed E-state index contributed by atoms with van der Waals surface area (Å²) in [5.74, 6) is 0. The predicted octanol–water partition coefficient (Wildman–Crippen LogP) is -0.0152. The average Bonchev–Trinajstić information content (AvgIpc) is 2.05. The van der Waals surface area contributed by atoms with E-state index in [-0.39, 0.29) is 0 Å². The van der Waals surface area contributed by atoms with E-state index in [0.717, 1.165) is 0 Å². The van der Waals surface area contributed by atoms with Crippen LogP contribution in [-0.4, -0.2) is 39.6 Å². The van der Waals surface area contributed by atoms with Crippen molar-refractivity contribution in [1.29, 1.82) is 0 Å². The van der Waals surface area contributed by atoms with Gasteiger partial charge in [0.05, 0.1) is 26.4 Å². The van der Waals surface area contributed by atoms with Crippen molar-refractivity contribution in [3.8, 4) is 12.2 Å². The highest BCUT2D eigenvalue weighted by Gasteiger charge is 1.91. The second-order valence-electron chi connectivity index (χ2n) is 2.13. The van der Waals surface area contributed by atoms with Crippen molar-refractivity contribution in [2.24, 2.45) is 0 Å². The van der Waals surface area contributed by atoms with Crippen molar-refractivity contribution in [2.45, 2.75) is 0 Å². The highest BCUT2D eigenvalue weighted by molar-refractivity contribution is 4.80. The number of ether oxygens (including phenoxy) is 4. The van der Waals surface area contributed by atoms with E-state index >= 15 is 0 Å². The molecule has 0 N–H and O–H groups in total. The van der Waals surface area contributed by atoms with Crippen molar-refractivity contribution in [2.75, 3.05) is 39.6 Å². The fourth-order valence-corrected chi connectivity index (χ4v) is 0.684. The van der Waals surface area contributed by atoms with Gasteiger partial charge in [0.2, 0.25) is 0 Å². The zero-order chi connectivity index (χ0) is 8.49. The topological polar surface area (TPSA) is 36.9 Å². The van der Waals surface area contributed by atoms with Crippen LogP contribution in [0, 0.1) is 12.2 Å². The van der Waals surface area contributed by atoms with E-state index in [9.17, 15) is 0 Å². The maximum absolute atomic E-state index is 5.15. The molecule has 0 aromatic rings. The van der Waals surface area contributed by atoms with Crippen molar-refractivity contribution < 1.29 is 18.9 Å². The molecule has 12 heavy (non-hydrogen) atoms. The van der Waals surface area contributed by atoms with E-state index in [4.69, 9.17) is 18.9 Å². The molecule has 0 radical (unpaired) electrons. The Morgan fingerprint density at radius 1 is 0.583 bits per heavy atom. The van der Waals surface area contributed by atoms with Gasteiger partial charge in [-0.3, -0.25) is 0 Å². The first-order chi connectivity index (χ1) is 6.00. The monoisotopic (exact) mass is 172 g/mol. The summed E-state index contributed by atoms with van der Waals surface area (Å²) in [7, 11) is 0. The highest BCUT2D eigenvalue weighted by atomic mass is 16.6. The minimum absolute atomic E-state index is 0.469. The molecule has 1 heterocycles. The van der Waals surface area contributed by atoms with Gasteiger partial charge < -0.3 is 18.9 Å². The second-order valence-corrected chi connectivity index (χ2v) is 2.13. The molecule has 4 nitrogen and oxygen atoms in total. The summed E-state index contributed by atoms with van der Waals surface area (Å²) in [4.78, 5) is 0. The summed E-state index contributed by atoms with van der Waals surface area (Å²) in [6.45, 7) is 3.20. The summed E-state index contributed by atoms with van der Waals surface area (Å²) in [5, 5.41) is 0. The van der Waals surface area contributed by atoms with Crippen LogP contribution in [0.4, 0.5) is 0 Å². The van der Waals surface area contributed by atoms with Crippen molar-refractivity contribution >= 4 is 0 Å². The summed E-state index contributed by atoms with van der Waals surface area (Å²) in [6, 6.07) is 0. The number of hydrogen-bond donors (Lipinski definition) is 0. The smallest absolute Gasteiger partial charge is 0.155 e. The minimum Gasteiger partial charge on any atom is -0.442 e. The highest BCUT2D eigenvalue weighted by Crippen LogP contribution is 1.83. The lowest BCUT2D eigenvalue weighted by atomic mass is 10.7. The summed E-state index contributed by atoms with van der Waals surface area (Å²) >= 11 is 0. The van der Waals surface area contributed by atoms with Crippen molar-refractivity contribution in [3.63, 3.8) is 0 Å². The van der Waals surface area contributed by atoms with E-state index in [0.29, 0.717) is 39.6 Å². The lowest BCUT2D eigenvalue weighted by Crippen LogP contribution is -2.11. The molecule has 4 heteroatoms. The molecule has 1 rings (SSSR count). The molecule has 0 saturated heterocycles. The zero-order valence-corrected chi connectivity index (χ0v) is 6.88. The quantitative estimate of drug-likeness (QED) is 0.481. The molecule has 0 fully saturated rings. The van der Waals surface area contributed by atoms with Crippen molar-refractivity contribution in [1.82, 2.24) is 0 Å². The van der Waals surface area contributed by atoms with E-state index in [2.05, 4.69) is 12.2 Å². The number of hydrogen-bond acceptors (Lipinski definition) is 4. The van der Waals surface area contributed by atoms with Crippen LogP contribution in [-0.2, 0) is 18.9 Å². The average molecular weight is 172 g/mol. The molecule has 0 amide bonds. The molecule has 0 saturated carbocycles. The molecule has 0 aromatic carbocycles. The molecule has 0 unspecified atom stereocenters. The first kappa shape index (κ1) is 9.17. The fourth-order valence-electron chi connectivity index (χ4n) is 0.684. The van der Waals surface area contributed by atoms with Gasteiger partial charge in [-0.15, -0.1) is 0 Å². The Morgan fingerprint density at radius 3 is 1.50 bits per heavy atom. The van der Waals surface area contributed by atoms with Crippen LogP contribution in [0.1, 0.15) is 0 Å². The third-order valence-electron chi connectivity index (χ3n) is 1.22. The molecule has 0 bridgehead atoms. The molecule has 0 aromatic heterocycles. The fraction of sp³-hybridized carbons (Fsp3) is 0.750. The number of rotatable bonds is 0. The van der Waals surface area contributed by atoms with Gasteiger partial charge in [-0.25, -0.2) is 0 Å². The van der Waals surface area contributed by atoms with E-state index in [1.54, 1.807) is 0 Å². The molecular weight excluding hydrogens is 160 g/mol. The maximum Gasteiger partial charge on any atom is 0.155 e. The second kappa shape index (κ2) is 6.77. The molecule has 0 atom stereocenters. The van der Waals surface area contributed by atoms with Crippen LogP contribution in [0.25, 0.3) is 0 Å². The van der Waals surface area contributed by atoms with Crippen LogP contribution in [0.2, 0.25) is 0 Å². The molecule has 1 aliphatic rings. The first-order valence-corrected chi connectivity index (χ1v) is 3.89. The lowest BCUT2D eigenvalue weighted by molar-refractivity contribution is 0.0181. The standard InChI is InChI=1S/C8H12O4/c1-2-10-5-6-12-8-7-11-4-3-9-1/h1-6H2. The maximum atomic E-state index is 5.15. The van der Waals surface area contributed by atoms with Crippen LogP contribution < -0.4 is 0 Å². The van der Waals surface area contributed by atoms with Gasteiger partial charge in [-0.05, 0) is 0 Å². The third kappa shape index (κ3) is 4.83. The Hall–Kier alpha value is -0.920. The third-order valence-corrected chi connectivity index (χ3v) is 1.22. The Balaban J connectivity index is 2.14. The summed E-state index contributed by atoms with van der Waals surface area (Å²) in [6.07, 6.45) is 4.79. The molecule has 0 aliphatic carbocycles. The predicted molar refractivity (Wildman–Crippen MR) is 41.3 cm³/mol. The van der Waals surface area contributed by atoms with Gasteiger partial charge in [0, 0.05) is 0 Å². The zero-order valence-electron chi connectivity index (χ0n) is 6.88. The SMILES string of the molecule is C1#COCCOCCOCCO1. The van der Waals surface area contributed by atoms with E-state index < -0.39 is 0 Å². The van der Waals surface area contributed by atoms with Gasteiger partial charge >= 0.3 is 0 Å². The van der Waals surface area contributed by atoms with Crippen LogP contribution in [0.3, 0.4) is 0 Å².